The molecule has 1 saturated carbocycles. The lowest BCUT2D eigenvalue weighted by Gasteiger charge is -2.13. The van der Waals surface area contributed by atoms with E-state index in [2.05, 4.69) is 33.6 Å². The van der Waals surface area contributed by atoms with Crippen LogP contribution in [0.1, 0.15) is 32.6 Å². The zero-order chi connectivity index (χ0) is 11.9. The number of aryl methyl sites for hydroxylation is 1. The summed E-state index contributed by atoms with van der Waals surface area (Å²) in [6.45, 7) is 4.47. The van der Waals surface area contributed by atoms with Gasteiger partial charge in [0.1, 0.15) is 0 Å². The van der Waals surface area contributed by atoms with Crippen molar-refractivity contribution in [3.63, 3.8) is 0 Å². The van der Waals surface area contributed by atoms with Gasteiger partial charge < -0.3 is 9.88 Å². The van der Waals surface area contributed by atoms with E-state index < -0.39 is 0 Å². The molecular weight excluding hydrogens is 230 g/mol. The SMILES string of the molecule is CCSC1CCC(NCCCn2ccnc2)C1. The second-order valence-corrected chi connectivity index (χ2v) is 6.27. The molecule has 0 bridgehead atoms. The first kappa shape index (κ1) is 13.0. The standard InChI is InChI=1S/C13H23N3S/c1-2-17-13-5-4-12(10-13)15-6-3-8-16-9-7-14-11-16/h7,9,11-13,15H,2-6,8,10H2,1H3. The van der Waals surface area contributed by atoms with Gasteiger partial charge in [0, 0.05) is 30.2 Å². The summed E-state index contributed by atoms with van der Waals surface area (Å²) in [7, 11) is 0. The fourth-order valence-electron chi connectivity index (χ4n) is 2.50. The molecule has 1 N–H and O–H groups in total. The Morgan fingerprint density at radius 3 is 3.18 bits per heavy atom. The Morgan fingerprint density at radius 1 is 1.47 bits per heavy atom. The van der Waals surface area contributed by atoms with Gasteiger partial charge in [-0.1, -0.05) is 6.92 Å². The predicted octanol–water partition coefficient (Wildman–Crippen LogP) is 2.54. The number of thioether (sulfide) groups is 1. The van der Waals surface area contributed by atoms with E-state index in [9.17, 15) is 0 Å². The Hall–Kier alpha value is -0.480. The summed E-state index contributed by atoms with van der Waals surface area (Å²) in [5.74, 6) is 1.26. The number of hydrogen-bond acceptors (Lipinski definition) is 3. The van der Waals surface area contributed by atoms with Gasteiger partial charge in [0.15, 0.2) is 0 Å². The molecule has 0 spiro atoms. The molecule has 0 amide bonds. The average Bonchev–Trinajstić information content (AvgIpc) is 2.96. The first-order chi connectivity index (χ1) is 8.38. The normalized spacial score (nSPS) is 24.3. The maximum Gasteiger partial charge on any atom is 0.0945 e. The van der Waals surface area contributed by atoms with Gasteiger partial charge in [0.05, 0.1) is 6.33 Å². The number of imidazole rings is 1. The molecule has 0 radical (unpaired) electrons. The van der Waals surface area contributed by atoms with E-state index in [1.165, 1.54) is 31.4 Å². The highest BCUT2D eigenvalue weighted by atomic mass is 32.2. The van der Waals surface area contributed by atoms with Crippen LogP contribution in [0.3, 0.4) is 0 Å². The summed E-state index contributed by atoms with van der Waals surface area (Å²) in [6, 6.07) is 0.766. The molecule has 3 nitrogen and oxygen atoms in total. The lowest BCUT2D eigenvalue weighted by Crippen LogP contribution is -2.28. The summed E-state index contributed by atoms with van der Waals surface area (Å²) in [4.78, 5) is 4.05. The maximum atomic E-state index is 4.05. The first-order valence-electron chi connectivity index (χ1n) is 6.69. The van der Waals surface area contributed by atoms with Crippen molar-refractivity contribution in [2.45, 2.75) is 50.4 Å². The second kappa shape index (κ2) is 7.07. The van der Waals surface area contributed by atoms with Gasteiger partial charge in [-0.15, -0.1) is 0 Å². The quantitative estimate of drug-likeness (QED) is 0.757. The van der Waals surface area contributed by atoms with E-state index in [0.29, 0.717) is 0 Å². The molecule has 2 unspecified atom stereocenters. The van der Waals surface area contributed by atoms with E-state index in [1.807, 2.05) is 18.7 Å². The predicted molar refractivity (Wildman–Crippen MR) is 74.4 cm³/mol. The van der Waals surface area contributed by atoms with E-state index in [4.69, 9.17) is 0 Å². The highest BCUT2D eigenvalue weighted by Gasteiger charge is 2.23. The summed E-state index contributed by atoms with van der Waals surface area (Å²) in [5, 5.41) is 4.59. The van der Waals surface area contributed by atoms with Gasteiger partial charge in [-0.2, -0.15) is 11.8 Å². The van der Waals surface area contributed by atoms with E-state index in [1.54, 1.807) is 0 Å². The lowest BCUT2D eigenvalue weighted by molar-refractivity contribution is 0.496. The molecule has 1 fully saturated rings. The van der Waals surface area contributed by atoms with Gasteiger partial charge in [-0.25, -0.2) is 4.98 Å². The Bertz CT molecular complexity index is 300. The molecule has 0 saturated heterocycles. The summed E-state index contributed by atoms with van der Waals surface area (Å²) >= 11 is 2.13. The van der Waals surface area contributed by atoms with E-state index in [-0.39, 0.29) is 0 Å². The number of nitrogens with one attached hydrogen (secondary N) is 1. The molecule has 1 aliphatic rings. The summed E-state index contributed by atoms with van der Waals surface area (Å²) in [5.41, 5.74) is 0. The maximum absolute atomic E-state index is 4.05. The van der Waals surface area contributed by atoms with Crippen molar-refractivity contribution in [2.24, 2.45) is 0 Å². The minimum atomic E-state index is 0.766. The van der Waals surface area contributed by atoms with Crippen molar-refractivity contribution in [2.75, 3.05) is 12.3 Å². The van der Waals surface area contributed by atoms with Crippen molar-refractivity contribution in [3.05, 3.63) is 18.7 Å². The van der Waals surface area contributed by atoms with Crippen LogP contribution in [-0.2, 0) is 6.54 Å². The molecular formula is C13H23N3S. The number of hydrogen-bond donors (Lipinski definition) is 1. The van der Waals surface area contributed by atoms with Crippen LogP contribution in [0.2, 0.25) is 0 Å². The summed E-state index contributed by atoms with van der Waals surface area (Å²) < 4.78 is 2.14. The Labute approximate surface area is 108 Å². The minimum absolute atomic E-state index is 0.766. The van der Waals surface area contributed by atoms with E-state index in [0.717, 1.165) is 24.4 Å². The van der Waals surface area contributed by atoms with Crippen molar-refractivity contribution in [3.8, 4) is 0 Å². The van der Waals surface area contributed by atoms with Gasteiger partial charge in [0.2, 0.25) is 0 Å². The molecule has 0 aliphatic heterocycles. The van der Waals surface area contributed by atoms with Crippen molar-refractivity contribution in [1.82, 2.24) is 14.9 Å². The zero-order valence-corrected chi connectivity index (χ0v) is 11.5. The topological polar surface area (TPSA) is 29.9 Å². The van der Waals surface area contributed by atoms with Crippen LogP contribution >= 0.6 is 11.8 Å². The van der Waals surface area contributed by atoms with Crippen molar-refractivity contribution in [1.29, 1.82) is 0 Å². The zero-order valence-electron chi connectivity index (χ0n) is 10.6. The fourth-order valence-corrected chi connectivity index (χ4v) is 3.64. The first-order valence-corrected chi connectivity index (χ1v) is 7.74. The van der Waals surface area contributed by atoms with Gasteiger partial charge in [-0.3, -0.25) is 0 Å². The van der Waals surface area contributed by atoms with Crippen LogP contribution in [0.4, 0.5) is 0 Å². The minimum Gasteiger partial charge on any atom is -0.337 e. The number of nitrogens with zero attached hydrogens (tertiary/aromatic N) is 2. The van der Waals surface area contributed by atoms with Crippen LogP contribution in [0.5, 0.6) is 0 Å². The Balaban J connectivity index is 1.54. The molecule has 96 valence electrons. The molecule has 2 atom stereocenters. The smallest absolute Gasteiger partial charge is 0.0945 e. The van der Waals surface area contributed by atoms with Crippen LogP contribution < -0.4 is 5.32 Å². The number of rotatable bonds is 7. The van der Waals surface area contributed by atoms with Crippen molar-refractivity contribution < 1.29 is 0 Å². The van der Waals surface area contributed by atoms with Gasteiger partial charge >= 0.3 is 0 Å². The van der Waals surface area contributed by atoms with Crippen LogP contribution in [-0.4, -0.2) is 33.1 Å². The molecule has 0 aromatic carbocycles. The third-order valence-corrected chi connectivity index (χ3v) is 4.61. The van der Waals surface area contributed by atoms with Gasteiger partial charge in [-0.05, 0) is 38.0 Å². The van der Waals surface area contributed by atoms with Crippen LogP contribution in [0, 0.1) is 0 Å². The Morgan fingerprint density at radius 2 is 2.41 bits per heavy atom. The molecule has 17 heavy (non-hydrogen) atoms. The van der Waals surface area contributed by atoms with E-state index >= 15 is 0 Å². The molecule has 1 heterocycles. The van der Waals surface area contributed by atoms with Gasteiger partial charge in [0.25, 0.3) is 0 Å². The third kappa shape index (κ3) is 4.36. The molecule has 1 aromatic rings. The van der Waals surface area contributed by atoms with Crippen LogP contribution in [0.25, 0.3) is 0 Å². The average molecular weight is 253 g/mol. The Kier molecular flexibility index (Phi) is 5.39. The summed E-state index contributed by atoms with van der Waals surface area (Å²) in [6.07, 6.45) is 11.1. The third-order valence-electron chi connectivity index (χ3n) is 3.37. The second-order valence-electron chi connectivity index (χ2n) is 4.70. The van der Waals surface area contributed by atoms with Crippen molar-refractivity contribution >= 4 is 11.8 Å². The molecule has 1 aliphatic carbocycles. The number of aromatic nitrogens is 2. The molecule has 2 rings (SSSR count). The fraction of sp³-hybridized carbons (Fsp3) is 0.769. The monoisotopic (exact) mass is 253 g/mol. The lowest BCUT2D eigenvalue weighted by atomic mass is 10.2. The highest BCUT2D eigenvalue weighted by molar-refractivity contribution is 7.99. The largest absolute Gasteiger partial charge is 0.337 e. The highest BCUT2D eigenvalue weighted by Crippen LogP contribution is 2.29. The molecule has 1 aromatic heterocycles. The van der Waals surface area contributed by atoms with Crippen LogP contribution in [0.15, 0.2) is 18.7 Å². The molecule has 4 heteroatoms.